The average Bonchev–Trinajstić information content (AvgIpc) is 2.72. The van der Waals surface area contributed by atoms with Gasteiger partial charge in [0.15, 0.2) is 0 Å². The highest BCUT2D eigenvalue weighted by atomic mass is 32.2. The van der Waals surface area contributed by atoms with E-state index in [4.69, 9.17) is 10.7 Å². The van der Waals surface area contributed by atoms with E-state index in [1.807, 2.05) is 11.3 Å². The van der Waals surface area contributed by atoms with Crippen LogP contribution in [0, 0.1) is 0 Å². The standard InChI is InChI=1S/C11H18N2S3/c1-3-8-9(6-12)16-11(13-8)10-7(2)14-4-5-15-10/h7,10H,3-6,12H2,1-2H3. The maximum Gasteiger partial charge on any atom is 0.107 e. The van der Waals surface area contributed by atoms with Gasteiger partial charge in [0.2, 0.25) is 0 Å². The van der Waals surface area contributed by atoms with E-state index in [0.29, 0.717) is 17.0 Å². The number of nitrogens with zero attached hydrogens (tertiary/aromatic N) is 1. The molecule has 1 fully saturated rings. The van der Waals surface area contributed by atoms with Crippen LogP contribution in [-0.2, 0) is 13.0 Å². The molecule has 0 bridgehead atoms. The number of thioether (sulfide) groups is 2. The van der Waals surface area contributed by atoms with Crippen LogP contribution in [0.2, 0.25) is 0 Å². The lowest BCUT2D eigenvalue weighted by Gasteiger charge is -2.25. The number of aromatic nitrogens is 1. The zero-order valence-corrected chi connectivity index (χ0v) is 12.2. The smallest absolute Gasteiger partial charge is 0.107 e. The van der Waals surface area contributed by atoms with E-state index < -0.39 is 0 Å². The minimum Gasteiger partial charge on any atom is -0.326 e. The molecule has 0 radical (unpaired) electrons. The zero-order chi connectivity index (χ0) is 11.5. The molecule has 2 atom stereocenters. The van der Waals surface area contributed by atoms with Gasteiger partial charge in [0, 0.05) is 28.2 Å². The predicted molar refractivity (Wildman–Crippen MR) is 76.5 cm³/mol. The Bertz CT molecular complexity index is 329. The highest BCUT2D eigenvalue weighted by molar-refractivity contribution is 8.06. The fraction of sp³-hybridized carbons (Fsp3) is 0.727. The summed E-state index contributed by atoms with van der Waals surface area (Å²) in [5, 5.41) is 2.55. The summed E-state index contributed by atoms with van der Waals surface area (Å²) in [6, 6.07) is 0. The zero-order valence-electron chi connectivity index (χ0n) is 9.73. The van der Waals surface area contributed by atoms with Crippen LogP contribution in [-0.4, -0.2) is 21.7 Å². The van der Waals surface area contributed by atoms with Crippen molar-refractivity contribution in [2.75, 3.05) is 11.5 Å². The van der Waals surface area contributed by atoms with Crippen LogP contribution >= 0.6 is 34.9 Å². The Morgan fingerprint density at radius 2 is 2.12 bits per heavy atom. The molecule has 0 spiro atoms. The fourth-order valence-corrected chi connectivity index (χ4v) is 6.06. The first-order valence-corrected chi connectivity index (χ1v) is 8.59. The van der Waals surface area contributed by atoms with Crippen LogP contribution in [0.15, 0.2) is 0 Å². The van der Waals surface area contributed by atoms with Gasteiger partial charge in [-0.15, -0.1) is 23.1 Å². The fourth-order valence-electron chi connectivity index (χ4n) is 1.86. The Hall–Kier alpha value is 0.290. The van der Waals surface area contributed by atoms with Crippen LogP contribution in [0.3, 0.4) is 0 Å². The van der Waals surface area contributed by atoms with Crippen molar-refractivity contribution in [3.8, 4) is 0 Å². The van der Waals surface area contributed by atoms with Gasteiger partial charge in [0.05, 0.1) is 10.9 Å². The molecule has 5 heteroatoms. The summed E-state index contributed by atoms with van der Waals surface area (Å²) in [6.45, 7) is 5.11. The number of nitrogens with two attached hydrogens (primary N) is 1. The second kappa shape index (κ2) is 5.76. The van der Waals surface area contributed by atoms with Gasteiger partial charge in [-0.25, -0.2) is 4.98 Å². The first-order chi connectivity index (χ1) is 7.76. The Morgan fingerprint density at radius 3 is 2.69 bits per heavy atom. The van der Waals surface area contributed by atoms with Crippen molar-refractivity contribution in [2.45, 2.75) is 37.3 Å². The molecule has 2 N–H and O–H groups in total. The summed E-state index contributed by atoms with van der Waals surface area (Å²) in [5.74, 6) is 2.52. The van der Waals surface area contributed by atoms with Crippen LogP contribution < -0.4 is 5.73 Å². The highest BCUT2D eigenvalue weighted by Gasteiger charge is 2.27. The molecular weight excluding hydrogens is 256 g/mol. The predicted octanol–water partition coefficient (Wildman–Crippen LogP) is 3.07. The minimum atomic E-state index is 0.578. The molecule has 1 aliphatic heterocycles. The average molecular weight is 274 g/mol. The van der Waals surface area contributed by atoms with Crippen molar-refractivity contribution in [3.05, 3.63) is 15.6 Å². The van der Waals surface area contributed by atoms with Crippen molar-refractivity contribution in [1.29, 1.82) is 0 Å². The van der Waals surface area contributed by atoms with Crippen LogP contribution in [0.1, 0.15) is 34.7 Å². The van der Waals surface area contributed by atoms with E-state index in [2.05, 4.69) is 37.4 Å². The van der Waals surface area contributed by atoms with Gasteiger partial charge in [-0.05, 0) is 6.42 Å². The number of rotatable bonds is 3. The lowest BCUT2D eigenvalue weighted by atomic mass is 10.3. The van der Waals surface area contributed by atoms with E-state index in [1.54, 1.807) is 0 Å². The molecule has 0 amide bonds. The topological polar surface area (TPSA) is 38.9 Å². The monoisotopic (exact) mass is 274 g/mol. The Labute approximate surface area is 110 Å². The molecule has 16 heavy (non-hydrogen) atoms. The molecule has 0 aliphatic carbocycles. The van der Waals surface area contributed by atoms with Crippen molar-refractivity contribution in [2.24, 2.45) is 5.73 Å². The largest absolute Gasteiger partial charge is 0.326 e. The summed E-state index contributed by atoms with van der Waals surface area (Å²) in [6.07, 6.45) is 1.00. The molecule has 2 heterocycles. The van der Waals surface area contributed by atoms with E-state index in [-0.39, 0.29) is 0 Å². The maximum absolute atomic E-state index is 5.76. The quantitative estimate of drug-likeness (QED) is 0.919. The van der Waals surface area contributed by atoms with Crippen molar-refractivity contribution >= 4 is 34.9 Å². The van der Waals surface area contributed by atoms with Gasteiger partial charge in [0.25, 0.3) is 0 Å². The molecule has 2 unspecified atom stereocenters. The molecule has 1 aliphatic rings. The third-order valence-electron chi connectivity index (χ3n) is 2.75. The number of thiazole rings is 1. The second-order valence-corrected chi connectivity index (χ2v) is 7.70. The third-order valence-corrected chi connectivity index (χ3v) is 7.20. The molecule has 90 valence electrons. The molecule has 0 saturated carbocycles. The summed E-state index contributed by atoms with van der Waals surface area (Å²) < 4.78 is 0. The summed E-state index contributed by atoms with van der Waals surface area (Å²) in [5.41, 5.74) is 6.98. The van der Waals surface area contributed by atoms with Crippen LogP contribution in [0.25, 0.3) is 0 Å². The van der Waals surface area contributed by atoms with E-state index in [0.717, 1.165) is 6.42 Å². The third kappa shape index (κ3) is 2.58. The molecule has 1 aromatic heterocycles. The van der Waals surface area contributed by atoms with Gasteiger partial charge in [0.1, 0.15) is 5.01 Å². The van der Waals surface area contributed by atoms with Crippen LogP contribution in [0.5, 0.6) is 0 Å². The summed E-state index contributed by atoms with van der Waals surface area (Å²) in [4.78, 5) is 6.06. The first kappa shape index (κ1) is 12.7. The van der Waals surface area contributed by atoms with Gasteiger partial charge in [-0.3, -0.25) is 0 Å². The Morgan fingerprint density at radius 1 is 1.38 bits per heavy atom. The number of hydrogen-bond acceptors (Lipinski definition) is 5. The summed E-state index contributed by atoms with van der Waals surface area (Å²) in [7, 11) is 0. The molecule has 2 rings (SSSR count). The summed E-state index contributed by atoms with van der Waals surface area (Å²) >= 11 is 5.94. The Kier molecular flexibility index (Phi) is 4.58. The van der Waals surface area contributed by atoms with E-state index >= 15 is 0 Å². The van der Waals surface area contributed by atoms with Gasteiger partial charge < -0.3 is 5.73 Å². The number of hydrogen-bond donors (Lipinski definition) is 1. The number of aryl methyl sites for hydroxylation is 1. The van der Waals surface area contributed by atoms with Gasteiger partial charge in [-0.2, -0.15) is 11.8 Å². The highest BCUT2D eigenvalue weighted by Crippen LogP contribution is 2.44. The molecule has 2 nitrogen and oxygen atoms in total. The first-order valence-electron chi connectivity index (χ1n) is 5.68. The van der Waals surface area contributed by atoms with Crippen LogP contribution in [0.4, 0.5) is 0 Å². The lowest BCUT2D eigenvalue weighted by molar-refractivity contribution is 0.877. The minimum absolute atomic E-state index is 0.578. The Balaban J connectivity index is 2.22. The SMILES string of the molecule is CCc1nc(C2SCCSC2C)sc1CN. The van der Waals surface area contributed by atoms with E-state index in [1.165, 1.54) is 27.1 Å². The lowest BCUT2D eigenvalue weighted by Crippen LogP contribution is -2.15. The maximum atomic E-state index is 5.76. The molecular formula is C11H18N2S3. The van der Waals surface area contributed by atoms with Crippen molar-refractivity contribution < 1.29 is 0 Å². The van der Waals surface area contributed by atoms with Gasteiger partial charge in [-0.1, -0.05) is 13.8 Å². The van der Waals surface area contributed by atoms with E-state index in [9.17, 15) is 0 Å². The van der Waals surface area contributed by atoms with Gasteiger partial charge >= 0.3 is 0 Å². The molecule has 1 aromatic rings. The normalized spacial score (nSPS) is 25.9. The second-order valence-electron chi connectivity index (χ2n) is 3.85. The van der Waals surface area contributed by atoms with Crippen molar-refractivity contribution in [1.82, 2.24) is 4.98 Å². The molecule has 0 aromatic carbocycles. The van der Waals surface area contributed by atoms with Crippen molar-refractivity contribution in [3.63, 3.8) is 0 Å². The molecule has 1 saturated heterocycles.